The minimum atomic E-state index is -0.233. The van der Waals surface area contributed by atoms with E-state index in [0.29, 0.717) is 23.7 Å². The molecule has 0 saturated carbocycles. The fraction of sp³-hybridized carbons (Fsp3) is 0.211. The molecule has 1 aromatic carbocycles. The number of aromatic nitrogens is 4. The van der Waals surface area contributed by atoms with Crippen molar-refractivity contribution in [3.05, 3.63) is 59.2 Å². The van der Waals surface area contributed by atoms with Gasteiger partial charge in [0.1, 0.15) is 17.0 Å². The lowest BCUT2D eigenvalue weighted by molar-refractivity contribution is 0.0943. The van der Waals surface area contributed by atoms with E-state index in [1.54, 1.807) is 10.7 Å². The van der Waals surface area contributed by atoms with Crippen LogP contribution < -0.4 is 5.32 Å². The van der Waals surface area contributed by atoms with Gasteiger partial charge in [0, 0.05) is 23.7 Å². The van der Waals surface area contributed by atoms with Gasteiger partial charge in [0.15, 0.2) is 0 Å². The van der Waals surface area contributed by atoms with E-state index in [2.05, 4.69) is 20.6 Å². The standard InChI is InChI=1S/C19H19N5O2/c1-11-18(12(2)24(3)23-11)15-9-16(22-21-15)19(25)20-10-14-8-13-6-4-5-7-17(13)26-14/h4-9H,10H2,1-3H3,(H,20,25)(H,21,22). The van der Waals surface area contributed by atoms with Gasteiger partial charge in [-0.3, -0.25) is 14.6 Å². The van der Waals surface area contributed by atoms with Crippen molar-refractivity contribution < 1.29 is 9.21 Å². The molecule has 0 spiro atoms. The van der Waals surface area contributed by atoms with Crippen LogP contribution in [0.15, 0.2) is 40.8 Å². The Balaban J connectivity index is 1.49. The zero-order valence-electron chi connectivity index (χ0n) is 14.8. The van der Waals surface area contributed by atoms with Gasteiger partial charge in [0.25, 0.3) is 5.91 Å². The minimum Gasteiger partial charge on any atom is -0.459 e. The zero-order chi connectivity index (χ0) is 18.3. The maximum absolute atomic E-state index is 12.4. The van der Waals surface area contributed by atoms with Crippen LogP contribution in [-0.2, 0) is 13.6 Å². The van der Waals surface area contributed by atoms with Gasteiger partial charge < -0.3 is 9.73 Å². The Morgan fingerprint density at radius 1 is 1.27 bits per heavy atom. The largest absolute Gasteiger partial charge is 0.459 e. The van der Waals surface area contributed by atoms with Crippen molar-refractivity contribution in [2.75, 3.05) is 0 Å². The molecule has 0 aliphatic heterocycles. The van der Waals surface area contributed by atoms with Gasteiger partial charge in [-0.15, -0.1) is 0 Å². The number of aromatic amines is 1. The number of benzene rings is 1. The van der Waals surface area contributed by atoms with Crippen molar-refractivity contribution in [1.29, 1.82) is 0 Å². The lowest BCUT2D eigenvalue weighted by Crippen LogP contribution is -2.22. The molecule has 0 bridgehead atoms. The number of hydrogen-bond donors (Lipinski definition) is 2. The van der Waals surface area contributed by atoms with E-state index < -0.39 is 0 Å². The van der Waals surface area contributed by atoms with Crippen LogP contribution in [0.3, 0.4) is 0 Å². The van der Waals surface area contributed by atoms with Crippen molar-refractivity contribution in [2.45, 2.75) is 20.4 Å². The topological polar surface area (TPSA) is 88.7 Å². The fourth-order valence-electron chi connectivity index (χ4n) is 3.10. The maximum atomic E-state index is 12.4. The average molecular weight is 349 g/mol. The van der Waals surface area contributed by atoms with Crippen LogP contribution in [-0.4, -0.2) is 25.9 Å². The number of rotatable bonds is 4. The molecular weight excluding hydrogens is 330 g/mol. The number of carbonyl (C=O) groups excluding carboxylic acids is 1. The molecule has 0 aliphatic rings. The second-order valence-electron chi connectivity index (χ2n) is 6.27. The average Bonchev–Trinajstić information content (AvgIpc) is 3.31. The van der Waals surface area contributed by atoms with E-state index in [0.717, 1.165) is 27.9 Å². The predicted molar refractivity (Wildman–Crippen MR) is 97.6 cm³/mol. The molecule has 3 heterocycles. The summed E-state index contributed by atoms with van der Waals surface area (Å²) in [5, 5.41) is 15.3. The van der Waals surface area contributed by atoms with Crippen LogP contribution >= 0.6 is 0 Å². The number of nitrogens with one attached hydrogen (secondary N) is 2. The Labute approximate surface area is 150 Å². The maximum Gasteiger partial charge on any atom is 0.269 e. The number of para-hydroxylation sites is 1. The Kier molecular flexibility index (Phi) is 3.84. The number of fused-ring (bicyclic) bond motifs is 1. The highest BCUT2D eigenvalue weighted by atomic mass is 16.3. The van der Waals surface area contributed by atoms with Gasteiger partial charge in [-0.2, -0.15) is 10.2 Å². The van der Waals surface area contributed by atoms with Gasteiger partial charge in [-0.05, 0) is 32.0 Å². The molecule has 7 heteroatoms. The second-order valence-corrected chi connectivity index (χ2v) is 6.27. The lowest BCUT2D eigenvalue weighted by Gasteiger charge is -2.00. The molecule has 132 valence electrons. The summed E-state index contributed by atoms with van der Waals surface area (Å²) >= 11 is 0. The number of aryl methyl sites for hydroxylation is 2. The highest BCUT2D eigenvalue weighted by Gasteiger charge is 2.17. The molecule has 4 aromatic rings. The highest BCUT2D eigenvalue weighted by Crippen LogP contribution is 2.25. The van der Waals surface area contributed by atoms with Crippen molar-refractivity contribution in [3.63, 3.8) is 0 Å². The third kappa shape index (κ3) is 2.77. The minimum absolute atomic E-state index is 0.233. The third-order valence-corrected chi connectivity index (χ3v) is 4.49. The first-order chi connectivity index (χ1) is 12.5. The molecule has 0 fully saturated rings. The predicted octanol–water partition coefficient (Wildman–Crippen LogP) is 3.10. The van der Waals surface area contributed by atoms with Crippen LogP contribution in [0.25, 0.3) is 22.2 Å². The summed E-state index contributed by atoms with van der Waals surface area (Å²) in [5.41, 5.74) is 4.75. The van der Waals surface area contributed by atoms with E-state index >= 15 is 0 Å². The molecule has 0 radical (unpaired) electrons. The van der Waals surface area contributed by atoms with E-state index in [4.69, 9.17) is 4.42 Å². The van der Waals surface area contributed by atoms with Crippen molar-refractivity contribution in [1.82, 2.24) is 25.3 Å². The highest BCUT2D eigenvalue weighted by molar-refractivity contribution is 5.93. The number of carbonyl (C=O) groups is 1. The Morgan fingerprint density at radius 3 is 2.81 bits per heavy atom. The normalized spacial score (nSPS) is 11.2. The molecule has 0 unspecified atom stereocenters. The number of nitrogens with zero attached hydrogens (tertiary/aromatic N) is 3. The van der Waals surface area contributed by atoms with Crippen molar-refractivity contribution in [2.24, 2.45) is 7.05 Å². The smallest absolute Gasteiger partial charge is 0.269 e. The van der Waals surface area contributed by atoms with E-state index in [1.807, 2.05) is 51.2 Å². The van der Waals surface area contributed by atoms with E-state index in [-0.39, 0.29) is 5.91 Å². The van der Waals surface area contributed by atoms with Gasteiger partial charge in [-0.25, -0.2) is 0 Å². The molecule has 2 N–H and O–H groups in total. The summed E-state index contributed by atoms with van der Waals surface area (Å²) in [5.74, 6) is 0.474. The molecule has 7 nitrogen and oxygen atoms in total. The molecular formula is C19H19N5O2. The lowest BCUT2D eigenvalue weighted by atomic mass is 10.1. The summed E-state index contributed by atoms with van der Waals surface area (Å²) in [4.78, 5) is 12.4. The number of amides is 1. The van der Waals surface area contributed by atoms with Crippen LogP contribution in [0, 0.1) is 13.8 Å². The summed E-state index contributed by atoms with van der Waals surface area (Å²) in [6.45, 7) is 4.22. The number of H-pyrrole nitrogens is 1. The second kappa shape index (κ2) is 6.18. The van der Waals surface area contributed by atoms with Crippen molar-refractivity contribution >= 4 is 16.9 Å². The monoisotopic (exact) mass is 349 g/mol. The molecule has 0 aliphatic carbocycles. The van der Waals surface area contributed by atoms with Gasteiger partial charge >= 0.3 is 0 Å². The van der Waals surface area contributed by atoms with Crippen LogP contribution in [0.1, 0.15) is 27.6 Å². The molecule has 0 atom stereocenters. The summed E-state index contributed by atoms with van der Waals surface area (Å²) in [6, 6.07) is 11.4. The number of furan rings is 1. The first-order valence-corrected chi connectivity index (χ1v) is 8.34. The number of hydrogen-bond acceptors (Lipinski definition) is 4. The van der Waals surface area contributed by atoms with Crippen LogP contribution in [0.2, 0.25) is 0 Å². The van der Waals surface area contributed by atoms with Gasteiger partial charge in [-0.1, -0.05) is 18.2 Å². The fourth-order valence-corrected chi connectivity index (χ4v) is 3.10. The first-order valence-electron chi connectivity index (χ1n) is 8.34. The molecule has 3 aromatic heterocycles. The van der Waals surface area contributed by atoms with E-state index in [1.165, 1.54) is 0 Å². The van der Waals surface area contributed by atoms with Gasteiger partial charge in [0.2, 0.25) is 0 Å². The Hall–Kier alpha value is -3.35. The first kappa shape index (κ1) is 16.1. The third-order valence-electron chi connectivity index (χ3n) is 4.49. The van der Waals surface area contributed by atoms with Gasteiger partial charge in [0.05, 0.1) is 17.9 Å². The Bertz CT molecular complexity index is 1070. The zero-order valence-corrected chi connectivity index (χ0v) is 14.8. The summed E-state index contributed by atoms with van der Waals surface area (Å²) < 4.78 is 7.52. The summed E-state index contributed by atoms with van der Waals surface area (Å²) in [6.07, 6.45) is 0. The summed E-state index contributed by atoms with van der Waals surface area (Å²) in [7, 11) is 1.89. The SMILES string of the molecule is Cc1nn(C)c(C)c1-c1cc(C(=O)NCc2cc3ccccc3o2)[nH]n1. The molecule has 4 rings (SSSR count). The van der Waals surface area contributed by atoms with Crippen LogP contribution in [0.4, 0.5) is 0 Å². The molecule has 1 amide bonds. The van der Waals surface area contributed by atoms with E-state index in [9.17, 15) is 4.79 Å². The molecule has 0 saturated heterocycles. The van der Waals surface area contributed by atoms with Crippen molar-refractivity contribution in [3.8, 4) is 11.3 Å². The quantitative estimate of drug-likeness (QED) is 0.592. The van der Waals surface area contributed by atoms with Crippen LogP contribution in [0.5, 0.6) is 0 Å². The molecule has 26 heavy (non-hydrogen) atoms. The Morgan fingerprint density at radius 2 is 2.08 bits per heavy atom.